The number of amides is 2. The molecule has 24 heavy (non-hydrogen) atoms. The van der Waals surface area contributed by atoms with Gasteiger partial charge < -0.3 is 15.4 Å². The highest BCUT2D eigenvalue weighted by Gasteiger charge is 2.51. The first-order valence-corrected chi connectivity index (χ1v) is 9.33. The molecular formula is C20H28N2O2. The highest BCUT2D eigenvalue weighted by molar-refractivity contribution is 5.74. The summed E-state index contributed by atoms with van der Waals surface area (Å²) in [4.78, 5) is 12.4. The Morgan fingerprint density at radius 2 is 1.83 bits per heavy atom. The van der Waals surface area contributed by atoms with E-state index in [0.29, 0.717) is 6.54 Å². The topological polar surface area (TPSA) is 50.4 Å². The van der Waals surface area contributed by atoms with E-state index >= 15 is 0 Å². The summed E-state index contributed by atoms with van der Waals surface area (Å²) >= 11 is 0. The SMILES string of the molecule is COc1cccc(CCNC(=O)NC23CC4CC(CC(C4)C2)C3)c1. The third kappa shape index (κ3) is 3.24. The van der Waals surface area contributed by atoms with Gasteiger partial charge in [-0.3, -0.25) is 0 Å². The molecule has 5 rings (SSSR count). The van der Waals surface area contributed by atoms with Crippen LogP contribution in [0.25, 0.3) is 0 Å². The van der Waals surface area contributed by atoms with Crippen molar-refractivity contribution in [2.24, 2.45) is 17.8 Å². The Bertz CT molecular complexity index is 578. The van der Waals surface area contributed by atoms with Crippen LogP contribution in [0.3, 0.4) is 0 Å². The van der Waals surface area contributed by atoms with E-state index in [1.165, 1.54) is 44.1 Å². The number of methoxy groups -OCH3 is 1. The van der Waals surface area contributed by atoms with Gasteiger partial charge in [-0.2, -0.15) is 0 Å². The lowest BCUT2D eigenvalue weighted by Crippen LogP contribution is -2.61. The highest BCUT2D eigenvalue weighted by Crippen LogP contribution is 2.55. The van der Waals surface area contributed by atoms with Crippen LogP contribution in [-0.2, 0) is 6.42 Å². The van der Waals surface area contributed by atoms with Crippen molar-refractivity contribution in [2.75, 3.05) is 13.7 Å². The van der Waals surface area contributed by atoms with E-state index in [-0.39, 0.29) is 11.6 Å². The average Bonchev–Trinajstić information content (AvgIpc) is 2.53. The van der Waals surface area contributed by atoms with Crippen LogP contribution >= 0.6 is 0 Å². The summed E-state index contributed by atoms with van der Waals surface area (Å²) < 4.78 is 5.24. The molecule has 4 bridgehead atoms. The molecule has 2 amide bonds. The van der Waals surface area contributed by atoms with Crippen molar-refractivity contribution in [3.05, 3.63) is 29.8 Å². The molecule has 0 atom stereocenters. The number of hydrogen-bond donors (Lipinski definition) is 2. The number of carbonyl (C=O) groups excluding carboxylic acids is 1. The van der Waals surface area contributed by atoms with Crippen LogP contribution in [0.15, 0.2) is 24.3 Å². The van der Waals surface area contributed by atoms with E-state index in [2.05, 4.69) is 16.7 Å². The maximum atomic E-state index is 12.4. The van der Waals surface area contributed by atoms with Crippen molar-refractivity contribution in [1.82, 2.24) is 10.6 Å². The number of rotatable bonds is 5. The summed E-state index contributed by atoms with van der Waals surface area (Å²) in [6.45, 7) is 0.658. The van der Waals surface area contributed by atoms with E-state index in [4.69, 9.17) is 4.74 Å². The van der Waals surface area contributed by atoms with E-state index in [0.717, 1.165) is 29.9 Å². The molecule has 4 saturated carbocycles. The summed E-state index contributed by atoms with van der Waals surface area (Å²) in [6.07, 6.45) is 8.62. The normalized spacial score (nSPS) is 33.3. The molecule has 4 heteroatoms. The summed E-state index contributed by atoms with van der Waals surface area (Å²) in [7, 11) is 1.68. The van der Waals surface area contributed by atoms with Crippen molar-refractivity contribution >= 4 is 6.03 Å². The van der Waals surface area contributed by atoms with Gasteiger partial charge in [0.2, 0.25) is 0 Å². The molecule has 0 radical (unpaired) electrons. The number of urea groups is 1. The van der Waals surface area contributed by atoms with Gasteiger partial charge in [-0.15, -0.1) is 0 Å². The zero-order valence-electron chi connectivity index (χ0n) is 14.5. The van der Waals surface area contributed by atoms with Gasteiger partial charge in [0.05, 0.1) is 7.11 Å². The standard InChI is InChI=1S/C20H28N2O2/c1-24-18-4-2-3-14(10-18)5-6-21-19(23)22-20-11-15-7-16(12-20)9-17(8-15)13-20/h2-4,10,15-17H,5-9,11-13H2,1H3,(H2,21,22,23). The molecule has 0 aliphatic heterocycles. The Morgan fingerprint density at radius 3 is 2.46 bits per heavy atom. The van der Waals surface area contributed by atoms with Crippen LogP contribution in [-0.4, -0.2) is 25.2 Å². The molecule has 0 aromatic heterocycles. The van der Waals surface area contributed by atoms with E-state index in [9.17, 15) is 4.79 Å². The molecule has 130 valence electrons. The van der Waals surface area contributed by atoms with E-state index in [1.807, 2.05) is 18.2 Å². The first kappa shape index (κ1) is 15.8. The van der Waals surface area contributed by atoms with Gasteiger partial charge in [-0.1, -0.05) is 12.1 Å². The Hall–Kier alpha value is -1.71. The van der Waals surface area contributed by atoms with E-state index < -0.39 is 0 Å². The van der Waals surface area contributed by atoms with Crippen LogP contribution in [0.4, 0.5) is 4.79 Å². The van der Waals surface area contributed by atoms with Crippen LogP contribution in [0, 0.1) is 17.8 Å². The second kappa shape index (κ2) is 6.30. The fraction of sp³-hybridized carbons (Fsp3) is 0.650. The molecule has 0 unspecified atom stereocenters. The smallest absolute Gasteiger partial charge is 0.315 e. The fourth-order valence-corrected chi connectivity index (χ4v) is 5.70. The van der Waals surface area contributed by atoms with Crippen molar-refractivity contribution in [2.45, 2.75) is 50.5 Å². The summed E-state index contributed by atoms with van der Waals surface area (Å²) in [5.41, 5.74) is 1.28. The maximum Gasteiger partial charge on any atom is 0.315 e. The molecule has 0 saturated heterocycles. The van der Waals surface area contributed by atoms with Crippen LogP contribution in [0.2, 0.25) is 0 Å². The first-order chi connectivity index (χ1) is 11.6. The number of hydrogen-bond acceptors (Lipinski definition) is 2. The minimum atomic E-state index is 0.0137. The molecule has 1 aromatic carbocycles. The molecule has 4 nitrogen and oxygen atoms in total. The van der Waals surface area contributed by atoms with Gasteiger partial charge in [0.15, 0.2) is 0 Å². The van der Waals surface area contributed by atoms with Crippen molar-refractivity contribution in [3.63, 3.8) is 0 Å². The third-order valence-electron chi connectivity index (χ3n) is 6.25. The summed E-state index contributed by atoms with van der Waals surface area (Å²) in [6, 6.07) is 8.04. The quantitative estimate of drug-likeness (QED) is 0.869. The molecule has 4 aliphatic rings. The lowest BCUT2D eigenvalue weighted by Gasteiger charge is -2.56. The largest absolute Gasteiger partial charge is 0.497 e. The Kier molecular flexibility index (Phi) is 4.15. The van der Waals surface area contributed by atoms with Crippen molar-refractivity contribution in [3.8, 4) is 5.75 Å². The maximum absolute atomic E-state index is 12.4. The molecule has 4 aliphatic carbocycles. The summed E-state index contributed by atoms with van der Waals surface area (Å²) in [5, 5.41) is 6.41. The molecule has 2 N–H and O–H groups in total. The molecule has 0 spiro atoms. The number of nitrogens with one attached hydrogen (secondary N) is 2. The van der Waals surface area contributed by atoms with E-state index in [1.54, 1.807) is 7.11 Å². The zero-order valence-corrected chi connectivity index (χ0v) is 14.5. The second-order valence-electron chi connectivity index (χ2n) is 8.18. The first-order valence-electron chi connectivity index (χ1n) is 9.33. The minimum Gasteiger partial charge on any atom is -0.497 e. The third-order valence-corrected chi connectivity index (χ3v) is 6.25. The molecular weight excluding hydrogens is 300 g/mol. The Balaban J connectivity index is 1.28. The number of carbonyl (C=O) groups is 1. The monoisotopic (exact) mass is 328 g/mol. The fourth-order valence-electron chi connectivity index (χ4n) is 5.70. The van der Waals surface area contributed by atoms with Gasteiger partial charge in [0, 0.05) is 12.1 Å². The number of ether oxygens (including phenoxy) is 1. The molecule has 1 aromatic rings. The summed E-state index contributed by atoms with van der Waals surface area (Å²) in [5.74, 6) is 3.43. The predicted molar refractivity (Wildman–Crippen MR) is 94.1 cm³/mol. The van der Waals surface area contributed by atoms with Gasteiger partial charge >= 0.3 is 6.03 Å². The predicted octanol–water partition coefficient (Wildman–Crippen LogP) is 3.51. The van der Waals surface area contributed by atoms with Gasteiger partial charge in [0.25, 0.3) is 0 Å². The molecule has 0 heterocycles. The zero-order chi connectivity index (χ0) is 16.6. The van der Waals surface area contributed by atoms with Crippen LogP contribution in [0.1, 0.15) is 44.1 Å². The van der Waals surface area contributed by atoms with Gasteiger partial charge in [-0.25, -0.2) is 4.79 Å². The average molecular weight is 328 g/mol. The Labute approximate surface area is 144 Å². The lowest BCUT2D eigenvalue weighted by molar-refractivity contribution is -0.0135. The Morgan fingerprint density at radius 1 is 1.17 bits per heavy atom. The van der Waals surface area contributed by atoms with Crippen molar-refractivity contribution in [1.29, 1.82) is 0 Å². The van der Waals surface area contributed by atoms with Gasteiger partial charge in [-0.05, 0) is 80.4 Å². The van der Waals surface area contributed by atoms with Crippen molar-refractivity contribution < 1.29 is 9.53 Å². The van der Waals surface area contributed by atoms with Gasteiger partial charge in [0.1, 0.15) is 5.75 Å². The lowest BCUT2D eigenvalue weighted by atomic mass is 9.53. The second-order valence-corrected chi connectivity index (χ2v) is 8.18. The van der Waals surface area contributed by atoms with Crippen LogP contribution < -0.4 is 15.4 Å². The number of benzene rings is 1. The highest BCUT2D eigenvalue weighted by atomic mass is 16.5. The van der Waals surface area contributed by atoms with Crippen LogP contribution in [0.5, 0.6) is 5.75 Å². The molecule has 4 fully saturated rings. The minimum absolute atomic E-state index is 0.0137.